The number of hydrogen-bond acceptors (Lipinski definition) is 5. The first-order chi connectivity index (χ1) is 17.0. The van der Waals surface area contributed by atoms with Crippen LogP contribution in [0.25, 0.3) is 0 Å². The largest absolute Gasteiger partial charge is 0.497 e. The molecule has 35 heavy (non-hydrogen) atoms. The van der Waals surface area contributed by atoms with Gasteiger partial charge in [-0.15, -0.1) is 0 Å². The van der Waals surface area contributed by atoms with Crippen LogP contribution in [-0.4, -0.2) is 66.1 Å². The van der Waals surface area contributed by atoms with Crippen molar-refractivity contribution in [3.8, 4) is 5.75 Å². The Bertz CT molecular complexity index is 1090. The molecule has 3 amide bonds. The molecule has 3 aliphatic rings. The molecule has 184 valence electrons. The van der Waals surface area contributed by atoms with Gasteiger partial charge in [-0.2, -0.15) is 0 Å². The second-order valence-electron chi connectivity index (χ2n) is 9.48. The minimum atomic E-state index is -0.921. The molecule has 2 aliphatic heterocycles. The Hall–Kier alpha value is -3.39. The van der Waals surface area contributed by atoms with E-state index in [0.29, 0.717) is 43.8 Å². The van der Waals surface area contributed by atoms with E-state index < -0.39 is 11.8 Å². The van der Waals surface area contributed by atoms with Crippen LogP contribution in [0.1, 0.15) is 41.6 Å². The number of piperidine rings is 1. The number of benzene rings is 2. The Balaban J connectivity index is 1.37. The van der Waals surface area contributed by atoms with Crippen molar-refractivity contribution >= 4 is 17.7 Å². The highest BCUT2D eigenvalue weighted by Gasteiger charge is 2.54. The highest BCUT2D eigenvalue weighted by Crippen LogP contribution is 2.40. The standard InChI is InChI=1S/C27H31N3O5/c1-34-22-9-5-8-21(16-22)26(33)30-23(24(31)28-17-19-6-3-2-4-7-19)18-35-27(30)12-14-29(15-13-27)25(32)20-10-11-20/h2-9,16,20,23H,10-15,17-18H2,1H3,(H,28,31)/t23-/m0/s1. The van der Waals surface area contributed by atoms with Crippen molar-refractivity contribution in [2.75, 3.05) is 26.8 Å². The van der Waals surface area contributed by atoms with Crippen molar-refractivity contribution in [2.45, 2.75) is 44.0 Å². The van der Waals surface area contributed by atoms with Crippen LogP contribution in [0.2, 0.25) is 0 Å². The summed E-state index contributed by atoms with van der Waals surface area (Å²) >= 11 is 0. The Kier molecular flexibility index (Phi) is 6.47. The zero-order chi connectivity index (χ0) is 24.4. The number of carbonyl (C=O) groups excluding carboxylic acids is 3. The lowest BCUT2D eigenvalue weighted by atomic mass is 9.96. The topological polar surface area (TPSA) is 88.2 Å². The highest BCUT2D eigenvalue weighted by molar-refractivity contribution is 5.98. The molecule has 2 aromatic rings. The van der Waals surface area contributed by atoms with Crippen molar-refractivity contribution in [3.63, 3.8) is 0 Å². The molecule has 0 unspecified atom stereocenters. The summed E-state index contributed by atoms with van der Waals surface area (Å²) in [5.41, 5.74) is 0.494. The lowest BCUT2D eigenvalue weighted by Crippen LogP contribution is -2.59. The average Bonchev–Trinajstić information content (AvgIpc) is 3.70. The van der Waals surface area contributed by atoms with Crippen LogP contribution >= 0.6 is 0 Å². The zero-order valence-corrected chi connectivity index (χ0v) is 19.9. The van der Waals surface area contributed by atoms with Gasteiger partial charge < -0.3 is 19.7 Å². The molecule has 2 saturated heterocycles. The first kappa shape index (κ1) is 23.4. The SMILES string of the molecule is COc1cccc(C(=O)N2[C@H](C(=O)NCc3ccccc3)COC23CCN(C(=O)C2CC2)CC3)c1. The van der Waals surface area contributed by atoms with E-state index in [1.54, 1.807) is 36.3 Å². The summed E-state index contributed by atoms with van der Waals surface area (Å²) < 4.78 is 11.6. The number of amides is 3. The highest BCUT2D eigenvalue weighted by atomic mass is 16.5. The molecule has 8 heteroatoms. The fraction of sp³-hybridized carbons (Fsp3) is 0.444. The monoisotopic (exact) mass is 477 g/mol. The Morgan fingerprint density at radius 1 is 1.06 bits per heavy atom. The van der Waals surface area contributed by atoms with Gasteiger partial charge in [-0.25, -0.2) is 0 Å². The predicted octanol–water partition coefficient (Wildman–Crippen LogP) is 2.58. The molecule has 8 nitrogen and oxygen atoms in total. The van der Waals surface area contributed by atoms with Gasteiger partial charge in [0.15, 0.2) is 0 Å². The third-order valence-electron chi connectivity index (χ3n) is 7.19. The normalized spacial score (nSPS) is 21.1. The Morgan fingerprint density at radius 2 is 1.80 bits per heavy atom. The molecular weight excluding hydrogens is 446 g/mol. The summed E-state index contributed by atoms with van der Waals surface area (Å²) in [4.78, 5) is 43.2. The molecule has 1 spiro atoms. The molecule has 2 heterocycles. The summed E-state index contributed by atoms with van der Waals surface area (Å²) in [5.74, 6) is 0.391. The van der Waals surface area contributed by atoms with Crippen LogP contribution in [0.3, 0.4) is 0 Å². The maximum absolute atomic E-state index is 13.8. The van der Waals surface area contributed by atoms with Crippen molar-refractivity contribution in [2.24, 2.45) is 5.92 Å². The van der Waals surface area contributed by atoms with Gasteiger partial charge in [0.1, 0.15) is 17.5 Å². The fourth-order valence-corrected chi connectivity index (χ4v) is 5.03. The number of likely N-dealkylation sites (tertiary alicyclic amines) is 1. The van der Waals surface area contributed by atoms with E-state index in [-0.39, 0.29) is 30.2 Å². The number of nitrogens with one attached hydrogen (secondary N) is 1. The summed E-state index contributed by atoms with van der Waals surface area (Å²) in [6.07, 6.45) is 2.87. The minimum Gasteiger partial charge on any atom is -0.497 e. The fourth-order valence-electron chi connectivity index (χ4n) is 5.03. The van der Waals surface area contributed by atoms with E-state index in [1.807, 2.05) is 35.2 Å². The van der Waals surface area contributed by atoms with Crippen LogP contribution in [0.5, 0.6) is 5.75 Å². The summed E-state index contributed by atoms with van der Waals surface area (Å²) in [6.45, 7) is 1.51. The average molecular weight is 478 g/mol. The molecular formula is C27H31N3O5. The predicted molar refractivity (Wildman–Crippen MR) is 128 cm³/mol. The molecule has 1 aliphatic carbocycles. The van der Waals surface area contributed by atoms with Gasteiger partial charge in [0.2, 0.25) is 11.8 Å². The number of rotatable bonds is 6. The first-order valence-corrected chi connectivity index (χ1v) is 12.2. The lowest BCUT2D eigenvalue weighted by Gasteiger charge is -2.44. The van der Waals surface area contributed by atoms with Gasteiger partial charge in [0.25, 0.3) is 5.91 Å². The smallest absolute Gasteiger partial charge is 0.257 e. The maximum atomic E-state index is 13.8. The van der Waals surface area contributed by atoms with E-state index >= 15 is 0 Å². The summed E-state index contributed by atoms with van der Waals surface area (Å²) in [6, 6.07) is 15.8. The number of nitrogens with zero attached hydrogens (tertiary/aromatic N) is 2. The third kappa shape index (κ3) is 4.75. The number of methoxy groups -OCH3 is 1. The quantitative estimate of drug-likeness (QED) is 0.691. The molecule has 2 aromatic carbocycles. The van der Waals surface area contributed by atoms with E-state index in [2.05, 4.69) is 5.32 Å². The molecule has 5 rings (SSSR count). The summed E-state index contributed by atoms with van der Waals surface area (Å²) in [7, 11) is 1.55. The molecule has 0 bridgehead atoms. The molecule has 0 radical (unpaired) electrons. The van der Waals surface area contributed by atoms with Crippen LogP contribution in [-0.2, 0) is 20.9 Å². The zero-order valence-electron chi connectivity index (χ0n) is 19.9. The molecule has 1 N–H and O–H groups in total. The number of hydrogen-bond donors (Lipinski definition) is 1. The summed E-state index contributed by atoms with van der Waals surface area (Å²) in [5, 5.41) is 2.97. The van der Waals surface area contributed by atoms with Crippen LogP contribution in [0.15, 0.2) is 54.6 Å². The lowest BCUT2D eigenvalue weighted by molar-refractivity contribution is -0.144. The van der Waals surface area contributed by atoms with Crippen LogP contribution in [0, 0.1) is 5.92 Å². The molecule has 1 saturated carbocycles. The molecule has 3 fully saturated rings. The van der Waals surface area contributed by atoms with Crippen LogP contribution in [0.4, 0.5) is 0 Å². The Labute approximate surface area is 205 Å². The number of carbonyl (C=O) groups is 3. The van der Waals surface area contributed by atoms with Gasteiger partial charge in [0, 0.05) is 44.0 Å². The minimum absolute atomic E-state index is 0.118. The van der Waals surface area contributed by atoms with Crippen molar-refractivity contribution in [3.05, 3.63) is 65.7 Å². The number of ether oxygens (including phenoxy) is 2. The second-order valence-corrected chi connectivity index (χ2v) is 9.48. The van der Waals surface area contributed by atoms with Gasteiger partial charge in [-0.3, -0.25) is 19.3 Å². The van der Waals surface area contributed by atoms with Gasteiger partial charge in [-0.05, 0) is 36.6 Å². The molecule has 0 aromatic heterocycles. The Morgan fingerprint density at radius 3 is 2.49 bits per heavy atom. The van der Waals surface area contributed by atoms with Gasteiger partial charge >= 0.3 is 0 Å². The van der Waals surface area contributed by atoms with Gasteiger partial charge in [-0.1, -0.05) is 36.4 Å². The van der Waals surface area contributed by atoms with E-state index in [1.165, 1.54) is 0 Å². The molecule has 1 atom stereocenters. The third-order valence-corrected chi connectivity index (χ3v) is 7.19. The van der Waals surface area contributed by atoms with Gasteiger partial charge in [0.05, 0.1) is 13.7 Å². The van der Waals surface area contributed by atoms with Crippen molar-refractivity contribution in [1.82, 2.24) is 15.1 Å². The first-order valence-electron chi connectivity index (χ1n) is 12.2. The van der Waals surface area contributed by atoms with E-state index in [4.69, 9.17) is 9.47 Å². The van der Waals surface area contributed by atoms with E-state index in [0.717, 1.165) is 18.4 Å². The van der Waals surface area contributed by atoms with E-state index in [9.17, 15) is 14.4 Å². The maximum Gasteiger partial charge on any atom is 0.257 e. The van der Waals surface area contributed by atoms with Crippen LogP contribution < -0.4 is 10.1 Å². The van der Waals surface area contributed by atoms with Crippen molar-refractivity contribution in [1.29, 1.82) is 0 Å². The second kappa shape index (κ2) is 9.70. The van der Waals surface area contributed by atoms with Crippen molar-refractivity contribution < 1.29 is 23.9 Å².